The lowest BCUT2D eigenvalue weighted by Gasteiger charge is -2.31. The van der Waals surface area contributed by atoms with E-state index in [0.717, 1.165) is 50.4 Å². The zero-order valence-corrected chi connectivity index (χ0v) is 18.5. The van der Waals surface area contributed by atoms with Crippen LogP contribution in [0, 0.1) is 5.92 Å². The molecule has 7 heteroatoms. The first-order chi connectivity index (χ1) is 16.2. The number of hydrogen-bond donors (Lipinski definition) is 1. The van der Waals surface area contributed by atoms with Gasteiger partial charge in [0.05, 0.1) is 12.2 Å². The van der Waals surface area contributed by atoms with Gasteiger partial charge in [-0.2, -0.15) is 10.2 Å². The van der Waals surface area contributed by atoms with Gasteiger partial charge in [0.1, 0.15) is 0 Å². The van der Waals surface area contributed by atoms with Crippen LogP contribution in [-0.2, 0) is 17.9 Å². The van der Waals surface area contributed by atoms with E-state index in [9.17, 15) is 4.79 Å². The number of nitrogens with zero attached hydrogens (tertiary/aromatic N) is 5. The first-order valence-corrected chi connectivity index (χ1v) is 11.4. The van der Waals surface area contributed by atoms with Crippen molar-refractivity contribution in [2.45, 2.75) is 25.9 Å². The average molecular weight is 441 g/mol. The van der Waals surface area contributed by atoms with Crippen LogP contribution in [0.25, 0.3) is 5.69 Å². The van der Waals surface area contributed by atoms with Crippen LogP contribution in [0.4, 0.5) is 5.69 Å². The van der Waals surface area contributed by atoms with Gasteiger partial charge in [-0.1, -0.05) is 24.3 Å². The fourth-order valence-electron chi connectivity index (χ4n) is 4.39. The van der Waals surface area contributed by atoms with Crippen LogP contribution in [0.3, 0.4) is 0 Å². The molecule has 1 saturated heterocycles. The van der Waals surface area contributed by atoms with Gasteiger partial charge in [0.15, 0.2) is 0 Å². The van der Waals surface area contributed by atoms with Gasteiger partial charge in [-0.15, -0.1) is 0 Å². The number of amides is 1. The summed E-state index contributed by atoms with van der Waals surface area (Å²) in [5, 5.41) is 11.7. The van der Waals surface area contributed by atoms with Gasteiger partial charge < -0.3 is 5.32 Å². The molecule has 0 bridgehead atoms. The van der Waals surface area contributed by atoms with Crippen LogP contribution in [0.1, 0.15) is 24.0 Å². The maximum Gasteiger partial charge on any atom is 0.227 e. The molecule has 4 aromatic rings. The summed E-state index contributed by atoms with van der Waals surface area (Å²) in [5.41, 5.74) is 4.41. The second-order valence-corrected chi connectivity index (χ2v) is 8.51. The molecule has 168 valence electrons. The van der Waals surface area contributed by atoms with E-state index in [4.69, 9.17) is 0 Å². The minimum absolute atomic E-state index is 0.0476. The summed E-state index contributed by atoms with van der Waals surface area (Å²) in [7, 11) is 0. The number of carbonyl (C=O) groups excluding carboxylic acids is 1. The molecule has 3 heterocycles. The second kappa shape index (κ2) is 9.83. The van der Waals surface area contributed by atoms with E-state index in [-0.39, 0.29) is 11.8 Å². The highest BCUT2D eigenvalue weighted by Gasteiger charge is 2.25. The van der Waals surface area contributed by atoms with E-state index in [1.54, 1.807) is 10.9 Å². The Morgan fingerprint density at radius 3 is 2.21 bits per heavy atom. The fourth-order valence-corrected chi connectivity index (χ4v) is 4.39. The van der Waals surface area contributed by atoms with Crippen molar-refractivity contribution in [3.05, 3.63) is 96.6 Å². The standard InChI is InChI=1S/C26H28N6O/c33-26(29-24-7-9-25(10-8-24)32-16-4-14-28-32)21-11-17-30(18-12-21)19-22-5-1-2-6-23(22)20-31-15-3-13-27-31/h1-10,13-16,21H,11-12,17-20H2,(H,29,33). The molecule has 2 aromatic carbocycles. The van der Waals surface area contributed by atoms with Crippen molar-refractivity contribution in [1.29, 1.82) is 0 Å². The molecule has 1 aliphatic rings. The van der Waals surface area contributed by atoms with E-state index >= 15 is 0 Å². The summed E-state index contributed by atoms with van der Waals surface area (Å²) in [6.07, 6.45) is 9.20. The number of rotatable bonds is 7. The van der Waals surface area contributed by atoms with Gasteiger partial charge in [0.2, 0.25) is 5.91 Å². The third-order valence-electron chi connectivity index (χ3n) is 6.27. The molecule has 1 amide bonds. The van der Waals surface area contributed by atoms with E-state index in [1.807, 2.05) is 59.7 Å². The van der Waals surface area contributed by atoms with Crippen LogP contribution < -0.4 is 5.32 Å². The summed E-state index contributed by atoms with van der Waals surface area (Å²) in [6.45, 7) is 3.53. The summed E-state index contributed by atoms with van der Waals surface area (Å²) in [6, 6.07) is 20.2. The lowest BCUT2D eigenvalue weighted by molar-refractivity contribution is -0.121. The number of piperidine rings is 1. The second-order valence-electron chi connectivity index (χ2n) is 8.51. The molecule has 0 radical (unpaired) electrons. The third kappa shape index (κ3) is 5.21. The topological polar surface area (TPSA) is 68.0 Å². The smallest absolute Gasteiger partial charge is 0.227 e. The van der Waals surface area contributed by atoms with Crippen molar-refractivity contribution >= 4 is 11.6 Å². The highest BCUT2D eigenvalue weighted by Crippen LogP contribution is 2.23. The maximum atomic E-state index is 12.8. The normalized spacial score (nSPS) is 14.9. The number of carbonyl (C=O) groups is 1. The molecule has 1 N–H and O–H groups in total. The number of nitrogens with one attached hydrogen (secondary N) is 1. The van der Waals surface area contributed by atoms with Gasteiger partial charge in [0, 0.05) is 42.9 Å². The quantitative estimate of drug-likeness (QED) is 0.472. The molecule has 0 aliphatic carbocycles. The van der Waals surface area contributed by atoms with Gasteiger partial charge in [-0.25, -0.2) is 4.68 Å². The molecule has 1 aliphatic heterocycles. The first-order valence-electron chi connectivity index (χ1n) is 11.4. The van der Waals surface area contributed by atoms with E-state index < -0.39 is 0 Å². The van der Waals surface area contributed by atoms with E-state index in [1.165, 1.54) is 11.1 Å². The summed E-state index contributed by atoms with van der Waals surface area (Å²) in [5.74, 6) is 0.159. The Bertz CT molecular complexity index is 1160. The Morgan fingerprint density at radius 2 is 1.55 bits per heavy atom. The Balaban J connectivity index is 1.13. The van der Waals surface area contributed by atoms with Crippen molar-refractivity contribution < 1.29 is 4.79 Å². The van der Waals surface area contributed by atoms with E-state index in [0.29, 0.717) is 0 Å². The zero-order chi connectivity index (χ0) is 22.5. The number of hydrogen-bond acceptors (Lipinski definition) is 4. The van der Waals surface area contributed by atoms with Crippen LogP contribution in [0.15, 0.2) is 85.5 Å². The van der Waals surface area contributed by atoms with Gasteiger partial charge >= 0.3 is 0 Å². The van der Waals surface area contributed by atoms with Crippen LogP contribution >= 0.6 is 0 Å². The number of likely N-dealkylation sites (tertiary alicyclic amines) is 1. The van der Waals surface area contributed by atoms with Crippen LogP contribution in [-0.4, -0.2) is 43.5 Å². The molecule has 0 spiro atoms. The van der Waals surface area contributed by atoms with E-state index in [2.05, 4.69) is 44.7 Å². The van der Waals surface area contributed by atoms with Crippen LogP contribution in [0.2, 0.25) is 0 Å². The van der Waals surface area contributed by atoms with Crippen molar-refractivity contribution in [2.24, 2.45) is 5.92 Å². The summed E-state index contributed by atoms with van der Waals surface area (Å²) in [4.78, 5) is 15.3. The molecule has 1 fully saturated rings. The number of benzene rings is 2. The first kappa shape index (κ1) is 21.2. The number of aromatic nitrogens is 4. The molecule has 7 nitrogen and oxygen atoms in total. The lowest BCUT2D eigenvalue weighted by atomic mass is 9.95. The monoisotopic (exact) mass is 440 g/mol. The molecule has 0 atom stereocenters. The molecule has 5 rings (SSSR count). The average Bonchev–Trinajstić information content (AvgIpc) is 3.56. The van der Waals surface area contributed by atoms with Crippen molar-refractivity contribution in [3.8, 4) is 5.69 Å². The molecular weight excluding hydrogens is 412 g/mol. The SMILES string of the molecule is O=C(Nc1ccc(-n2cccn2)cc1)C1CCN(Cc2ccccc2Cn2cccn2)CC1. The predicted molar refractivity (Wildman–Crippen MR) is 128 cm³/mol. The zero-order valence-electron chi connectivity index (χ0n) is 18.5. The summed E-state index contributed by atoms with van der Waals surface area (Å²) < 4.78 is 3.76. The highest BCUT2D eigenvalue weighted by molar-refractivity contribution is 5.92. The molecule has 0 unspecified atom stereocenters. The largest absolute Gasteiger partial charge is 0.326 e. The van der Waals surface area contributed by atoms with Crippen molar-refractivity contribution in [1.82, 2.24) is 24.5 Å². The van der Waals surface area contributed by atoms with Gasteiger partial charge in [-0.05, 0) is 73.5 Å². The minimum atomic E-state index is 0.0476. The fraction of sp³-hybridized carbons (Fsp3) is 0.269. The van der Waals surface area contributed by atoms with Gasteiger partial charge in [0.25, 0.3) is 0 Å². The maximum absolute atomic E-state index is 12.8. The van der Waals surface area contributed by atoms with Crippen molar-refractivity contribution in [2.75, 3.05) is 18.4 Å². The lowest BCUT2D eigenvalue weighted by Crippen LogP contribution is -2.38. The molecule has 33 heavy (non-hydrogen) atoms. The van der Waals surface area contributed by atoms with Crippen molar-refractivity contribution in [3.63, 3.8) is 0 Å². The predicted octanol–water partition coefficient (Wildman–Crippen LogP) is 3.97. The molecular formula is C26H28N6O. The number of anilines is 1. The summed E-state index contributed by atoms with van der Waals surface area (Å²) >= 11 is 0. The Kier molecular flexibility index (Phi) is 6.30. The Labute approximate surface area is 193 Å². The molecule has 2 aromatic heterocycles. The highest BCUT2D eigenvalue weighted by atomic mass is 16.1. The Morgan fingerprint density at radius 1 is 0.848 bits per heavy atom. The third-order valence-corrected chi connectivity index (χ3v) is 6.27. The Hall–Kier alpha value is -3.71. The van der Waals surface area contributed by atoms with Crippen LogP contribution in [0.5, 0.6) is 0 Å². The van der Waals surface area contributed by atoms with Gasteiger partial charge in [-0.3, -0.25) is 14.4 Å². The minimum Gasteiger partial charge on any atom is -0.326 e. The molecule has 0 saturated carbocycles.